The molecule has 0 saturated carbocycles. The number of nitrogens with zero attached hydrogens (tertiary/aromatic N) is 1. The highest BCUT2D eigenvalue weighted by atomic mass is 16.5. The molecular formula is C21H24N2O3. The van der Waals surface area contributed by atoms with Gasteiger partial charge in [-0.1, -0.05) is 30.3 Å². The summed E-state index contributed by atoms with van der Waals surface area (Å²) < 4.78 is 5.38. The zero-order valence-corrected chi connectivity index (χ0v) is 15.4. The van der Waals surface area contributed by atoms with Gasteiger partial charge in [-0.3, -0.25) is 9.59 Å². The number of ether oxygens (including phenoxy) is 1. The van der Waals surface area contributed by atoms with E-state index in [0.717, 1.165) is 22.4 Å². The molecule has 1 atom stereocenters. The molecule has 0 bridgehead atoms. The van der Waals surface area contributed by atoms with Gasteiger partial charge in [-0.15, -0.1) is 0 Å². The van der Waals surface area contributed by atoms with Gasteiger partial charge in [0, 0.05) is 19.5 Å². The van der Waals surface area contributed by atoms with Crippen LogP contribution in [0.2, 0.25) is 0 Å². The van der Waals surface area contributed by atoms with E-state index < -0.39 is 0 Å². The maximum Gasteiger partial charge on any atom is 0.227 e. The van der Waals surface area contributed by atoms with Crippen LogP contribution in [0.15, 0.2) is 42.5 Å². The van der Waals surface area contributed by atoms with Crippen LogP contribution >= 0.6 is 0 Å². The molecule has 1 aliphatic rings. The summed E-state index contributed by atoms with van der Waals surface area (Å²) in [6.45, 7) is 4.84. The van der Waals surface area contributed by atoms with E-state index in [1.165, 1.54) is 0 Å². The Morgan fingerprint density at radius 3 is 2.73 bits per heavy atom. The van der Waals surface area contributed by atoms with E-state index in [4.69, 9.17) is 4.74 Å². The van der Waals surface area contributed by atoms with E-state index in [2.05, 4.69) is 5.32 Å². The minimum Gasteiger partial charge on any atom is -0.495 e. The summed E-state index contributed by atoms with van der Waals surface area (Å²) in [6, 6.07) is 13.7. The van der Waals surface area contributed by atoms with E-state index in [9.17, 15) is 9.59 Å². The van der Waals surface area contributed by atoms with Crippen LogP contribution < -0.4 is 15.0 Å². The van der Waals surface area contributed by atoms with Gasteiger partial charge in [-0.25, -0.2) is 0 Å². The van der Waals surface area contributed by atoms with Crippen LogP contribution in [-0.2, 0) is 16.1 Å². The van der Waals surface area contributed by atoms with Crippen molar-refractivity contribution < 1.29 is 14.3 Å². The molecule has 1 saturated heterocycles. The van der Waals surface area contributed by atoms with Crippen molar-refractivity contribution in [3.8, 4) is 5.75 Å². The molecule has 2 amide bonds. The van der Waals surface area contributed by atoms with Crippen LogP contribution in [0, 0.1) is 19.8 Å². The molecule has 5 heteroatoms. The van der Waals surface area contributed by atoms with E-state index in [0.29, 0.717) is 18.8 Å². The first-order chi connectivity index (χ1) is 12.5. The van der Waals surface area contributed by atoms with Crippen LogP contribution in [0.5, 0.6) is 5.75 Å². The van der Waals surface area contributed by atoms with Gasteiger partial charge in [-0.05, 0) is 42.7 Å². The lowest BCUT2D eigenvalue weighted by Gasteiger charge is -2.20. The summed E-state index contributed by atoms with van der Waals surface area (Å²) in [5, 5.41) is 2.97. The zero-order chi connectivity index (χ0) is 18.7. The van der Waals surface area contributed by atoms with Crippen molar-refractivity contribution in [2.24, 2.45) is 5.92 Å². The Morgan fingerprint density at radius 2 is 2.00 bits per heavy atom. The number of carbonyl (C=O) groups is 2. The summed E-state index contributed by atoms with van der Waals surface area (Å²) in [4.78, 5) is 26.7. The summed E-state index contributed by atoms with van der Waals surface area (Å²) >= 11 is 0. The molecule has 136 valence electrons. The largest absolute Gasteiger partial charge is 0.495 e. The lowest BCUT2D eigenvalue weighted by atomic mass is 10.1. The smallest absolute Gasteiger partial charge is 0.227 e. The second-order valence-electron chi connectivity index (χ2n) is 6.72. The molecule has 0 aromatic heterocycles. The van der Waals surface area contributed by atoms with Gasteiger partial charge in [0.25, 0.3) is 0 Å². The number of carbonyl (C=O) groups excluding carboxylic acids is 2. The Hall–Kier alpha value is -2.82. The first-order valence-corrected chi connectivity index (χ1v) is 8.77. The van der Waals surface area contributed by atoms with Crippen LogP contribution in [0.3, 0.4) is 0 Å². The zero-order valence-electron chi connectivity index (χ0n) is 15.4. The fourth-order valence-electron chi connectivity index (χ4n) is 3.26. The maximum atomic E-state index is 12.6. The fraction of sp³-hybridized carbons (Fsp3) is 0.333. The predicted octanol–water partition coefficient (Wildman–Crippen LogP) is 2.98. The summed E-state index contributed by atoms with van der Waals surface area (Å²) in [5.41, 5.74) is 4.00. The minimum atomic E-state index is -0.350. The number of aryl methyl sites for hydroxylation is 2. The number of rotatable bonds is 5. The second-order valence-corrected chi connectivity index (χ2v) is 6.72. The van der Waals surface area contributed by atoms with Gasteiger partial charge in [0.05, 0.1) is 18.7 Å². The number of methoxy groups -OCH3 is 1. The molecule has 1 heterocycles. The molecule has 0 aliphatic carbocycles. The van der Waals surface area contributed by atoms with Crippen LogP contribution in [-0.4, -0.2) is 25.5 Å². The molecule has 1 N–H and O–H groups in total. The number of hydrogen-bond acceptors (Lipinski definition) is 3. The van der Waals surface area contributed by atoms with E-state index in [1.807, 2.05) is 56.3 Å². The van der Waals surface area contributed by atoms with Gasteiger partial charge in [-0.2, -0.15) is 0 Å². The SMILES string of the molecule is COc1ccc(C)cc1N1C[C@H](C(=O)NCc2ccccc2C)CC1=O. The van der Waals surface area contributed by atoms with Crippen molar-refractivity contribution in [1.29, 1.82) is 0 Å². The third-order valence-corrected chi connectivity index (χ3v) is 4.84. The van der Waals surface area contributed by atoms with Gasteiger partial charge >= 0.3 is 0 Å². The Morgan fingerprint density at radius 1 is 1.23 bits per heavy atom. The highest BCUT2D eigenvalue weighted by Gasteiger charge is 2.36. The normalized spacial score (nSPS) is 16.7. The van der Waals surface area contributed by atoms with E-state index in [-0.39, 0.29) is 24.2 Å². The Balaban J connectivity index is 1.69. The number of nitrogens with one attached hydrogen (secondary N) is 1. The number of hydrogen-bond donors (Lipinski definition) is 1. The average Bonchev–Trinajstić information content (AvgIpc) is 3.02. The molecule has 2 aromatic carbocycles. The molecule has 0 radical (unpaired) electrons. The quantitative estimate of drug-likeness (QED) is 0.900. The van der Waals surface area contributed by atoms with Crippen molar-refractivity contribution in [3.63, 3.8) is 0 Å². The lowest BCUT2D eigenvalue weighted by Crippen LogP contribution is -2.32. The predicted molar refractivity (Wildman–Crippen MR) is 101 cm³/mol. The first-order valence-electron chi connectivity index (χ1n) is 8.77. The van der Waals surface area contributed by atoms with Gasteiger partial charge in [0.15, 0.2) is 0 Å². The molecule has 0 spiro atoms. The van der Waals surface area contributed by atoms with Gasteiger partial charge in [0.2, 0.25) is 11.8 Å². The maximum absolute atomic E-state index is 12.6. The molecule has 5 nitrogen and oxygen atoms in total. The Labute approximate surface area is 154 Å². The average molecular weight is 352 g/mol. The summed E-state index contributed by atoms with van der Waals surface area (Å²) in [5.74, 6) is 0.155. The molecule has 26 heavy (non-hydrogen) atoms. The molecule has 1 fully saturated rings. The van der Waals surface area contributed by atoms with E-state index >= 15 is 0 Å². The number of anilines is 1. The minimum absolute atomic E-state index is 0.0510. The molecule has 2 aromatic rings. The van der Waals surface area contributed by atoms with E-state index in [1.54, 1.807) is 12.0 Å². The first kappa shape index (κ1) is 18.0. The van der Waals surface area contributed by atoms with Crippen molar-refractivity contribution >= 4 is 17.5 Å². The number of amides is 2. The standard InChI is InChI=1S/C21H24N2O3/c1-14-8-9-19(26-3)18(10-14)23-13-17(11-20(23)24)21(25)22-12-16-7-5-4-6-15(16)2/h4-10,17H,11-13H2,1-3H3,(H,22,25)/t17-/m1/s1. The van der Waals surface area contributed by atoms with Crippen molar-refractivity contribution in [2.45, 2.75) is 26.8 Å². The van der Waals surface area contributed by atoms with Crippen LogP contribution in [0.25, 0.3) is 0 Å². The number of benzene rings is 2. The monoisotopic (exact) mass is 352 g/mol. The third-order valence-electron chi connectivity index (χ3n) is 4.84. The molecule has 0 unspecified atom stereocenters. The summed E-state index contributed by atoms with van der Waals surface area (Å²) in [6.07, 6.45) is 0.219. The molecule has 1 aliphatic heterocycles. The lowest BCUT2D eigenvalue weighted by molar-refractivity contribution is -0.126. The molecule has 3 rings (SSSR count). The van der Waals surface area contributed by atoms with Gasteiger partial charge < -0.3 is 15.0 Å². The fourth-order valence-corrected chi connectivity index (χ4v) is 3.26. The topological polar surface area (TPSA) is 58.6 Å². The highest BCUT2D eigenvalue weighted by Crippen LogP contribution is 2.33. The van der Waals surface area contributed by atoms with Crippen LogP contribution in [0.1, 0.15) is 23.1 Å². The summed E-state index contributed by atoms with van der Waals surface area (Å²) in [7, 11) is 1.58. The van der Waals surface area contributed by atoms with Crippen molar-refractivity contribution in [1.82, 2.24) is 5.32 Å². The van der Waals surface area contributed by atoms with Crippen LogP contribution in [0.4, 0.5) is 5.69 Å². The van der Waals surface area contributed by atoms with Gasteiger partial charge in [0.1, 0.15) is 5.75 Å². The third kappa shape index (κ3) is 3.72. The Bertz CT molecular complexity index is 832. The van der Waals surface area contributed by atoms with Crippen molar-refractivity contribution in [3.05, 3.63) is 59.2 Å². The highest BCUT2D eigenvalue weighted by molar-refractivity contribution is 6.01. The Kier molecular flexibility index (Phi) is 5.26. The van der Waals surface area contributed by atoms with Crippen molar-refractivity contribution in [2.75, 3.05) is 18.6 Å². The molecular weight excluding hydrogens is 328 g/mol. The second kappa shape index (κ2) is 7.60.